The fraction of sp³-hybridized carbons (Fsp3) is 0.231. The summed E-state index contributed by atoms with van der Waals surface area (Å²) in [5.41, 5.74) is 0.458. The van der Waals surface area contributed by atoms with Gasteiger partial charge in [0.15, 0.2) is 0 Å². The molecule has 1 nitrogen and oxygen atoms in total. The molecular weight excluding hydrogens is 240 g/mol. The molecule has 2 rings (SSSR count). The van der Waals surface area contributed by atoms with Gasteiger partial charge in [0.05, 0.1) is 0 Å². The minimum atomic E-state index is -0.546. The summed E-state index contributed by atoms with van der Waals surface area (Å²) >= 11 is 1.52. The van der Waals surface area contributed by atoms with Crippen molar-refractivity contribution < 1.29 is 8.78 Å². The molecule has 1 aromatic heterocycles. The normalized spacial score (nSPS) is 10.8. The third-order valence-corrected chi connectivity index (χ3v) is 3.53. The smallest absolute Gasteiger partial charge is 0.134 e. The van der Waals surface area contributed by atoms with E-state index >= 15 is 0 Å². The first kappa shape index (κ1) is 12.2. The summed E-state index contributed by atoms with van der Waals surface area (Å²) < 4.78 is 26.3. The SMILES string of the molecule is CCNCc1ccc(-c2ccc(F)cc2F)s1. The molecule has 0 fully saturated rings. The van der Waals surface area contributed by atoms with Crippen molar-refractivity contribution in [1.82, 2.24) is 5.32 Å². The van der Waals surface area contributed by atoms with Crippen molar-refractivity contribution in [3.8, 4) is 10.4 Å². The van der Waals surface area contributed by atoms with Gasteiger partial charge in [0.2, 0.25) is 0 Å². The van der Waals surface area contributed by atoms with Gasteiger partial charge in [-0.2, -0.15) is 0 Å². The second kappa shape index (κ2) is 5.38. The van der Waals surface area contributed by atoms with Crippen LogP contribution in [0.25, 0.3) is 10.4 Å². The van der Waals surface area contributed by atoms with Crippen molar-refractivity contribution in [1.29, 1.82) is 0 Å². The number of nitrogens with one attached hydrogen (secondary N) is 1. The summed E-state index contributed by atoms with van der Waals surface area (Å²) in [5.74, 6) is -1.06. The quantitative estimate of drug-likeness (QED) is 0.873. The Morgan fingerprint density at radius 3 is 2.71 bits per heavy atom. The molecule has 1 heterocycles. The molecule has 0 spiro atoms. The molecule has 17 heavy (non-hydrogen) atoms. The van der Waals surface area contributed by atoms with Gasteiger partial charge in [0.1, 0.15) is 11.6 Å². The van der Waals surface area contributed by atoms with E-state index in [-0.39, 0.29) is 0 Å². The third kappa shape index (κ3) is 2.90. The van der Waals surface area contributed by atoms with Crippen LogP contribution in [0, 0.1) is 11.6 Å². The summed E-state index contributed by atoms with van der Waals surface area (Å²) in [4.78, 5) is 1.97. The van der Waals surface area contributed by atoms with Crippen LogP contribution in [0.1, 0.15) is 11.8 Å². The monoisotopic (exact) mass is 253 g/mol. The minimum Gasteiger partial charge on any atom is -0.312 e. The molecule has 4 heteroatoms. The summed E-state index contributed by atoms with van der Waals surface area (Å²) in [6.07, 6.45) is 0. The summed E-state index contributed by atoms with van der Waals surface area (Å²) in [6.45, 7) is 3.72. The molecule has 0 saturated carbocycles. The Bertz CT molecular complexity index is 508. The van der Waals surface area contributed by atoms with Crippen LogP contribution in [-0.2, 0) is 6.54 Å². The number of hydrogen-bond donors (Lipinski definition) is 1. The van der Waals surface area contributed by atoms with E-state index in [9.17, 15) is 8.78 Å². The van der Waals surface area contributed by atoms with E-state index in [2.05, 4.69) is 5.32 Å². The highest BCUT2D eigenvalue weighted by Gasteiger charge is 2.08. The zero-order chi connectivity index (χ0) is 12.3. The number of rotatable bonds is 4. The van der Waals surface area contributed by atoms with Crippen LogP contribution in [0.5, 0.6) is 0 Å². The molecule has 1 aromatic carbocycles. The molecule has 0 bridgehead atoms. The van der Waals surface area contributed by atoms with Crippen LogP contribution in [0.2, 0.25) is 0 Å². The lowest BCUT2D eigenvalue weighted by atomic mass is 10.2. The predicted molar refractivity (Wildman–Crippen MR) is 67.1 cm³/mol. The average Bonchev–Trinajstić information content (AvgIpc) is 2.75. The van der Waals surface area contributed by atoms with Crippen molar-refractivity contribution in [2.24, 2.45) is 0 Å². The Kier molecular flexibility index (Phi) is 3.86. The molecular formula is C13H13F2NS. The molecule has 0 unspecified atom stereocenters. The second-order valence-corrected chi connectivity index (χ2v) is 4.84. The molecule has 1 N–H and O–H groups in total. The number of benzene rings is 1. The van der Waals surface area contributed by atoms with Crippen LogP contribution in [-0.4, -0.2) is 6.54 Å². The minimum absolute atomic E-state index is 0.458. The molecule has 0 saturated heterocycles. The number of halogens is 2. The Morgan fingerprint density at radius 1 is 1.18 bits per heavy atom. The number of thiophene rings is 1. The molecule has 0 amide bonds. The maximum atomic E-state index is 13.5. The maximum absolute atomic E-state index is 13.5. The van der Waals surface area contributed by atoms with E-state index < -0.39 is 11.6 Å². The van der Waals surface area contributed by atoms with Crippen LogP contribution in [0.4, 0.5) is 8.78 Å². The lowest BCUT2D eigenvalue weighted by Crippen LogP contribution is -2.10. The van der Waals surface area contributed by atoms with Gasteiger partial charge in [-0.25, -0.2) is 8.78 Å². The fourth-order valence-corrected chi connectivity index (χ4v) is 2.56. The van der Waals surface area contributed by atoms with Crippen molar-refractivity contribution >= 4 is 11.3 Å². The van der Waals surface area contributed by atoms with E-state index in [4.69, 9.17) is 0 Å². The lowest BCUT2D eigenvalue weighted by molar-refractivity contribution is 0.586. The van der Waals surface area contributed by atoms with Crippen molar-refractivity contribution in [3.05, 3.63) is 46.8 Å². The molecule has 0 radical (unpaired) electrons. The molecule has 2 aromatic rings. The van der Waals surface area contributed by atoms with Crippen molar-refractivity contribution in [2.75, 3.05) is 6.54 Å². The molecule has 90 valence electrons. The van der Waals surface area contributed by atoms with Gasteiger partial charge in [-0.1, -0.05) is 6.92 Å². The summed E-state index contributed by atoms with van der Waals surface area (Å²) in [5, 5.41) is 3.21. The van der Waals surface area contributed by atoms with Crippen LogP contribution < -0.4 is 5.32 Å². The first-order valence-electron chi connectivity index (χ1n) is 5.45. The van der Waals surface area contributed by atoms with Crippen molar-refractivity contribution in [2.45, 2.75) is 13.5 Å². The van der Waals surface area contributed by atoms with E-state index in [1.807, 2.05) is 19.1 Å². The summed E-state index contributed by atoms with van der Waals surface area (Å²) in [7, 11) is 0. The van der Waals surface area contributed by atoms with E-state index in [0.717, 1.165) is 28.9 Å². The largest absolute Gasteiger partial charge is 0.312 e. The van der Waals surface area contributed by atoms with Crippen molar-refractivity contribution in [3.63, 3.8) is 0 Å². The first-order chi connectivity index (χ1) is 8.20. The molecule has 0 aliphatic carbocycles. The summed E-state index contributed by atoms with van der Waals surface area (Å²) in [6, 6.07) is 7.51. The van der Waals surface area contributed by atoms with Gasteiger partial charge in [-0.15, -0.1) is 11.3 Å². The van der Waals surface area contributed by atoms with Gasteiger partial charge >= 0.3 is 0 Å². The van der Waals surface area contributed by atoms with Crippen LogP contribution in [0.3, 0.4) is 0 Å². The standard InChI is InChI=1S/C13H13F2NS/c1-2-16-8-10-4-6-13(17-10)11-5-3-9(14)7-12(11)15/h3-7,16H,2,8H2,1H3. The Balaban J connectivity index is 2.24. The topological polar surface area (TPSA) is 12.0 Å². The maximum Gasteiger partial charge on any atom is 0.134 e. The fourth-order valence-electron chi connectivity index (χ4n) is 1.56. The average molecular weight is 253 g/mol. The highest BCUT2D eigenvalue weighted by molar-refractivity contribution is 7.15. The van der Waals surface area contributed by atoms with Gasteiger partial charge in [-0.05, 0) is 30.8 Å². The molecule has 0 aliphatic heterocycles. The van der Waals surface area contributed by atoms with Gasteiger partial charge < -0.3 is 5.32 Å². The van der Waals surface area contributed by atoms with Gasteiger partial charge in [-0.3, -0.25) is 0 Å². The first-order valence-corrected chi connectivity index (χ1v) is 6.27. The Morgan fingerprint density at radius 2 is 2.00 bits per heavy atom. The number of hydrogen-bond acceptors (Lipinski definition) is 2. The zero-order valence-electron chi connectivity index (χ0n) is 9.47. The lowest BCUT2D eigenvalue weighted by Gasteiger charge is -2.00. The highest BCUT2D eigenvalue weighted by Crippen LogP contribution is 2.30. The molecule has 0 atom stereocenters. The van der Waals surface area contributed by atoms with Crippen LogP contribution >= 0.6 is 11.3 Å². The van der Waals surface area contributed by atoms with E-state index in [0.29, 0.717) is 5.56 Å². The Hall–Kier alpha value is -1.26. The third-order valence-electron chi connectivity index (χ3n) is 2.41. The molecule has 0 aliphatic rings. The predicted octanol–water partition coefficient (Wildman–Crippen LogP) is 3.80. The zero-order valence-corrected chi connectivity index (χ0v) is 10.3. The van der Waals surface area contributed by atoms with E-state index in [1.165, 1.54) is 23.5 Å². The Labute approximate surface area is 103 Å². The highest BCUT2D eigenvalue weighted by atomic mass is 32.1. The van der Waals surface area contributed by atoms with E-state index in [1.54, 1.807) is 0 Å². The van der Waals surface area contributed by atoms with Gasteiger partial charge in [0.25, 0.3) is 0 Å². The van der Waals surface area contributed by atoms with Gasteiger partial charge in [0, 0.05) is 27.9 Å². The van der Waals surface area contributed by atoms with Crippen LogP contribution in [0.15, 0.2) is 30.3 Å². The second-order valence-electron chi connectivity index (χ2n) is 3.67.